The van der Waals surface area contributed by atoms with Crippen molar-refractivity contribution in [2.45, 2.75) is 18.9 Å². The van der Waals surface area contributed by atoms with E-state index in [4.69, 9.17) is 0 Å². The summed E-state index contributed by atoms with van der Waals surface area (Å²) < 4.78 is 0. The number of nitrogens with zero attached hydrogens (tertiary/aromatic N) is 1. The van der Waals surface area contributed by atoms with E-state index in [1.54, 1.807) is 0 Å². The van der Waals surface area contributed by atoms with Crippen LogP contribution in [0.15, 0.2) is 24.3 Å². The highest BCUT2D eigenvalue weighted by molar-refractivity contribution is 5.19. The van der Waals surface area contributed by atoms with E-state index < -0.39 is 0 Å². The van der Waals surface area contributed by atoms with E-state index in [0.29, 0.717) is 0 Å². The molecular formula is C9H15N. The molecule has 0 aliphatic heterocycles. The fraction of sp³-hybridized carbons (Fsp3) is 0.556. The number of likely N-dealkylation sites (N-methyl/N-ethyl adjacent to an activating group) is 1. The molecular weight excluding hydrogens is 122 g/mol. The van der Waals surface area contributed by atoms with Gasteiger partial charge in [0, 0.05) is 5.54 Å². The minimum absolute atomic E-state index is 0.245. The first-order valence-corrected chi connectivity index (χ1v) is 3.67. The molecule has 1 atom stereocenters. The molecule has 0 saturated heterocycles. The Balaban J connectivity index is 2.70. The van der Waals surface area contributed by atoms with E-state index >= 15 is 0 Å². The molecule has 1 unspecified atom stereocenters. The summed E-state index contributed by atoms with van der Waals surface area (Å²) in [6.07, 6.45) is 9.79. The van der Waals surface area contributed by atoms with Crippen molar-refractivity contribution >= 4 is 0 Å². The van der Waals surface area contributed by atoms with E-state index in [2.05, 4.69) is 50.2 Å². The van der Waals surface area contributed by atoms with Gasteiger partial charge in [-0.05, 0) is 27.4 Å². The Kier molecular flexibility index (Phi) is 1.95. The van der Waals surface area contributed by atoms with Crippen LogP contribution < -0.4 is 0 Å². The van der Waals surface area contributed by atoms with Gasteiger partial charge >= 0.3 is 0 Å². The maximum atomic E-state index is 2.24. The molecule has 1 nitrogen and oxygen atoms in total. The zero-order valence-corrected chi connectivity index (χ0v) is 6.96. The molecule has 0 saturated carbocycles. The molecule has 0 N–H and O–H groups in total. The van der Waals surface area contributed by atoms with Crippen molar-refractivity contribution < 1.29 is 0 Å². The molecule has 0 amide bonds. The van der Waals surface area contributed by atoms with Crippen LogP contribution in [0.1, 0.15) is 13.3 Å². The Hall–Kier alpha value is -0.560. The molecule has 0 radical (unpaired) electrons. The monoisotopic (exact) mass is 137 g/mol. The molecule has 1 aliphatic carbocycles. The Labute approximate surface area is 63.0 Å². The average Bonchev–Trinajstić information content (AvgIpc) is 1.89. The summed E-state index contributed by atoms with van der Waals surface area (Å²) in [4.78, 5) is 2.24. The number of hydrogen-bond acceptors (Lipinski definition) is 1. The zero-order valence-electron chi connectivity index (χ0n) is 6.96. The normalized spacial score (nSPS) is 31.6. The SMILES string of the molecule is CN(C)C1(C)C=CC=CC1. The molecule has 56 valence electrons. The number of hydrogen-bond donors (Lipinski definition) is 0. The van der Waals surface area contributed by atoms with Gasteiger partial charge < -0.3 is 4.90 Å². The molecule has 0 heterocycles. The van der Waals surface area contributed by atoms with Crippen LogP contribution >= 0.6 is 0 Å². The highest BCUT2D eigenvalue weighted by Crippen LogP contribution is 2.21. The molecule has 1 heteroatoms. The second-order valence-corrected chi connectivity index (χ2v) is 3.24. The van der Waals surface area contributed by atoms with Crippen molar-refractivity contribution in [1.29, 1.82) is 0 Å². The lowest BCUT2D eigenvalue weighted by Crippen LogP contribution is -2.39. The molecule has 0 fully saturated rings. The summed E-state index contributed by atoms with van der Waals surface area (Å²) >= 11 is 0. The molecule has 0 aromatic carbocycles. The van der Waals surface area contributed by atoms with Crippen molar-refractivity contribution in [2.24, 2.45) is 0 Å². The van der Waals surface area contributed by atoms with Gasteiger partial charge in [0.05, 0.1) is 0 Å². The summed E-state index contributed by atoms with van der Waals surface area (Å²) in [6.45, 7) is 2.24. The van der Waals surface area contributed by atoms with Gasteiger partial charge in [-0.3, -0.25) is 0 Å². The van der Waals surface area contributed by atoms with Crippen LogP contribution in [0.3, 0.4) is 0 Å². The summed E-state index contributed by atoms with van der Waals surface area (Å²) in [5, 5.41) is 0. The third kappa shape index (κ3) is 1.29. The van der Waals surface area contributed by atoms with Crippen molar-refractivity contribution in [1.82, 2.24) is 4.90 Å². The zero-order chi connectivity index (χ0) is 7.61. The predicted octanol–water partition coefficient (Wildman–Crippen LogP) is 1.82. The first kappa shape index (κ1) is 7.55. The van der Waals surface area contributed by atoms with Gasteiger partial charge in [0.15, 0.2) is 0 Å². The first-order chi connectivity index (χ1) is 4.65. The van der Waals surface area contributed by atoms with E-state index in [9.17, 15) is 0 Å². The van der Waals surface area contributed by atoms with Crippen molar-refractivity contribution in [2.75, 3.05) is 14.1 Å². The molecule has 0 bridgehead atoms. The topological polar surface area (TPSA) is 3.24 Å². The molecule has 0 aromatic heterocycles. The fourth-order valence-electron chi connectivity index (χ4n) is 1.05. The summed E-state index contributed by atoms with van der Waals surface area (Å²) in [5.41, 5.74) is 0.245. The largest absolute Gasteiger partial charge is 0.300 e. The summed E-state index contributed by atoms with van der Waals surface area (Å²) in [7, 11) is 4.23. The minimum atomic E-state index is 0.245. The quantitative estimate of drug-likeness (QED) is 0.533. The Morgan fingerprint density at radius 2 is 2.00 bits per heavy atom. The Morgan fingerprint density at radius 3 is 2.30 bits per heavy atom. The van der Waals surface area contributed by atoms with Gasteiger partial charge in [-0.1, -0.05) is 24.3 Å². The highest BCUT2D eigenvalue weighted by Gasteiger charge is 2.22. The molecule has 1 rings (SSSR count). The van der Waals surface area contributed by atoms with Gasteiger partial charge in [-0.15, -0.1) is 0 Å². The van der Waals surface area contributed by atoms with E-state index in [-0.39, 0.29) is 5.54 Å². The second kappa shape index (κ2) is 2.59. The molecule has 10 heavy (non-hydrogen) atoms. The lowest BCUT2D eigenvalue weighted by molar-refractivity contribution is 0.230. The maximum Gasteiger partial charge on any atom is 0.0394 e. The van der Waals surface area contributed by atoms with Crippen LogP contribution in [0.25, 0.3) is 0 Å². The predicted molar refractivity (Wildman–Crippen MR) is 45.0 cm³/mol. The highest BCUT2D eigenvalue weighted by atomic mass is 15.1. The van der Waals surface area contributed by atoms with E-state index in [1.165, 1.54) is 0 Å². The standard InChI is InChI=1S/C9H15N/c1-9(10(2)3)7-5-4-6-8-9/h4-7H,8H2,1-3H3. The molecule has 0 aromatic rings. The van der Waals surface area contributed by atoms with Crippen LogP contribution in [-0.2, 0) is 0 Å². The van der Waals surface area contributed by atoms with Gasteiger partial charge in [0.2, 0.25) is 0 Å². The second-order valence-electron chi connectivity index (χ2n) is 3.24. The summed E-state index contributed by atoms with van der Waals surface area (Å²) in [5.74, 6) is 0. The van der Waals surface area contributed by atoms with E-state index in [0.717, 1.165) is 6.42 Å². The maximum absolute atomic E-state index is 2.24. The fourth-order valence-corrected chi connectivity index (χ4v) is 1.05. The molecule has 0 spiro atoms. The van der Waals surface area contributed by atoms with Crippen LogP contribution in [0.2, 0.25) is 0 Å². The van der Waals surface area contributed by atoms with Gasteiger partial charge in [0.1, 0.15) is 0 Å². The van der Waals surface area contributed by atoms with Crippen molar-refractivity contribution in [3.63, 3.8) is 0 Å². The number of allylic oxidation sites excluding steroid dienone is 2. The lowest BCUT2D eigenvalue weighted by Gasteiger charge is -2.33. The van der Waals surface area contributed by atoms with Gasteiger partial charge in [-0.2, -0.15) is 0 Å². The first-order valence-electron chi connectivity index (χ1n) is 3.67. The van der Waals surface area contributed by atoms with Gasteiger partial charge in [-0.25, -0.2) is 0 Å². The average molecular weight is 137 g/mol. The number of rotatable bonds is 1. The third-order valence-corrected chi connectivity index (χ3v) is 2.26. The van der Waals surface area contributed by atoms with Gasteiger partial charge in [0.25, 0.3) is 0 Å². The Morgan fingerprint density at radius 1 is 1.30 bits per heavy atom. The minimum Gasteiger partial charge on any atom is -0.300 e. The van der Waals surface area contributed by atoms with Crippen LogP contribution in [0, 0.1) is 0 Å². The third-order valence-electron chi connectivity index (χ3n) is 2.26. The van der Waals surface area contributed by atoms with Crippen molar-refractivity contribution in [3.05, 3.63) is 24.3 Å². The van der Waals surface area contributed by atoms with Crippen LogP contribution in [0.4, 0.5) is 0 Å². The lowest BCUT2D eigenvalue weighted by atomic mass is 9.92. The van der Waals surface area contributed by atoms with E-state index in [1.807, 2.05) is 0 Å². The molecule has 1 aliphatic rings. The van der Waals surface area contributed by atoms with Crippen LogP contribution in [0.5, 0.6) is 0 Å². The smallest absolute Gasteiger partial charge is 0.0394 e. The summed E-state index contributed by atoms with van der Waals surface area (Å²) in [6, 6.07) is 0. The Bertz CT molecular complexity index is 168. The van der Waals surface area contributed by atoms with Crippen molar-refractivity contribution in [3.8, 4) is 0 Å². The van der Waals surface area contributed by atoms with Crippen LogP contribution in [-0.4, -0.2) is 24.5 Å².